The lowest BCUT2D eigenvalue weighted by molar-refractivity contribution is 0.458. The highest BCUT2D eigenvalue weighted by atomic mass is 35.6. The number of hydrogen-bond donors (Lipinski definition) is 0. The van der Waals surface area contributed by atoms with Crippen molar-refractivity contribution in [1.29, 1.82) is 0 Å². The molecule has 0 spiro atoms. The molecular weight excluding hydrogens is 304 g/mol. The zero-order valence-corrected chi connectivity index (χ0v) is 18.4. The number of hydrogen-bond acceptors (Lipinski definition) is 0. The van der Waals surface area contributed by atoms with Gasteiger partial charge in [-0.05, 0) is 29.0 Å². The summed E-state index contributed by atoms with van der Waals surface area (Å²) < 4.78 is 0. The minimum atomic E-state index is -1.75. The molecule has 0 aliphatic carbocycles. The standard InChI is InChI=1S/C20H43ClSi/c1-8-12-14-18(10-3)16-22(21,20(5,6)7)17-19(11-4)15-13-9-2/h18-19H,8-17H2,1-7H3. The Hall–Kier alpha value is 0.507. The summed E-state index contributed by atoms with van der Waals surface area (Å²) in [7, 11) is -1.75. The van der Waals surface area contributed by atoms with E-state index in [1.54, 1.807) is 0 Å². The fourth-order valence-corrected chi connectivity index (χ4v) is 9.01. The average Bonchev–Trinajstić information content (AvgIpc) is 2.46. The summed E-state index contributed by atoms with van der Waals surface area (Å²) in [5.74, 6) is 1.71. The summed E-state index contributed by atoms with van der Waals surface area (Å²) in [6.45, 7) is 16.6. The summed E-state index contributed by atoms with van der Waals surface area (Å²) >= 11 is 7.46. The zero-order valence-electron chi connectivity index (χ0n) is 16.6. The molecule has 2 heteroatoms. The van der Waals surface area contributed by atoms with Crippen LogP contribution in [0.3, 0.4) is 0 Å². The normalized spacial score (nSPS) is 18.0. The van der Waals surface area contributed by atoms with Crippen LogP contribution in [0.25, 0.3) is 0 Å². The minimum Gasteiger partial charge on any atom is -0.166 e. The van der Waals surface area contributed by atoms with Crippen molar-refractivity contribution in [2.45, 2.75) is 117 Å². The predicted molar refractivity (Wildman–Crippen MR) is 108 cm³/mol. The third kappa shape index (κ3) is 7.86. The largest absolute Gasteiger partial charge is 0.166 e. The van der Waals surface area contributed by atoms with Crippen LogP contribution in [0.15, 0.2) is 0 Å². The number of halogens is 1. The van der Waals surface area contributed by atoms with Crippen LogP contribution in [-0.4, -0.2) is 7.38 Å². The van der Waals surface area contributed by atoms with Crippen molar-refractivity contribution in [3.8, 4) is 0 Å². The van der Waals surface area contributed by atoms with Crippen LogP contribution in [0.2, 0.25) is 17.1 Å². The van der Waals surface area contributed by atoms with Gasteiger partial charge in [-0.2, -0.15) is 11.1 Å². The van der Waals surface area contributed by atoms with E-state index in [0.29, 0.717) is 5.04 Å². The molecular formula is C20H43ClSi. The molecule has 0 nitrogen and oxygen atoms in total. The molecule has 0 N–H and O–H groups in total. The van der Waals surface area contributed by atoms with Gasteiger partial charge in [0.25, 0.3) is 0 Å². The van der Waals surface area contributed by atoms with Crippen molar-refractivity contribution in [1.82, 2.24) is 0 Å². The average molecular weight is 347 g/mol. The molecule has 0 aliphatic rings. The van der Waals surface area contributed by atoms with Gasteiger partial charge in [-0.25, -0.2) is 0 Å². The molecule has 0 rings (SSSR count). The van der Waals surface area contributed by atoms with Gasteiger partial charge < -0.3 is 0 Å². The molecule has 22 heavy (non-hydrogen) atoms. The van der Waals surface area contributed by atoms with Gasteiger partial charge in [0, 0.05) is 0 Å². The van der Waals surface area contributed by atoms with Gasteiger partial charge in [-0.15, -0.1) is 0 Å². The molecule has 2 atom stereocenters. The molecule has 0 aromatic carbocycles. The Balaban J connectivity index is 4.97. The van der Waals surface area contributed by atoms with E-state index in [-0.39, 0.29) is 0 Å². The monoisotopic (exact) mass is 346 g/mol. The Morgan fingerprint density at radius 3 is 1.36 bits per heavy atom. The van der Waals surface area contributed by atoms with Crippen molar-refractivity contribution in [3.63, 3.8) is 0 Å². The summed E-state index contributed by atoms with van der Waals surface area (Å²) in [6.07, 6.45) is 10.8. The van der Waals surface area contributed by atoms with Gasteiger partial charge in [0.05, 0.1) is 0 Å². The lowest BCUT2D eigenvalue weighted by atomic mass is 10.0. The van der Waals surface area contributed by atoms with E-state index in [0.717, 1.165) is 11.8 Å². The Labute approximate surface area is 147 Å². The first kappa shape index (κ1) is 22.5. The highest BCUT2D eigenvalue weighted by Gasteiger charge is 2.45. The van der Waals surface area contributed by atoms with Crippen molar-refractivity contribution in [2.24, 2.45) is 11.8 Å². The Morgan fingerprint density at radius 2 is 1.14 bits per heavy atom. The quantitative estimate of drug-likeness (QED) is 0.246. The topological polar surface area (TPSA) is 0 Å². The highest BCUT2D eigenvalue weighted by Crippen LogP contribution is 2.49. The predicted octanol–water partition coefficient (Wildman–Crippen LogP) is 8.40. The first-order chi connectivity index (χ1) is 10.2. The van der Waals surface area contributed by atoms with Crippen LogP contribution in [0.4, 0.5) is 0 Å². The smallest absolute Gasteiger partial charge is 0.162 e. The third-order valence-electron chi connectivity index (χ3n) is 5.66. The molecule has 0 bridgehead atoms. The molecule has 0 aromatic rings. The van der Waals surface area contributed by atoms with Crippen LogP contribution in [0.1, 0.15) is 99.8 Å². The maximum absolute atomic E-state index is 7.46. The first-order valence-electron chi connectivity index (χ1n) is 9.92. The van der Waals surface area contributed by atoms with Crippen LogP contribution < -0.4 is 0 Å². The third-order valence-corrected chi connectivity index (χ3v) is 13.4. The van der Waals surface area contributed by atoms with Gasteiger partial charge in [0.2, 0.25) is 0 Å². The fourth-order valence-electron chi connectivity index (χ4n) is 3.50. The van der Waals surface area contributed by atoms with Gasteiger partial charge in [-0.3, -0.25) is 0 Å². The SMILES string of the molecule is CCCCC(CC)C[Si](Cl)(CC(CC)CCCC)C(C)(C)C. The van der Waals surface area contributed by atoms with E-state index >= 15 is 0 Å². The molecule has 0 fully saturated rings. The van der Waals surface area contributed by atoms with Crippen molar-refractivity contribution >= 4 is 18.5 Å². The second-order valence-corrected chi connectivity index (χ2v) is 14.9. The van der Waals surface area contributed by atoms with Crippen LogP contribution in [0, 0.1) is 11.8 Å². The molecule has 0 saturated heterocycles. The number of unbranched alkanes of at least 4 members (excludes halogenated alkanes) is 2. The van der Waals surface area contributed by atoms with Crippen LogP contribution >= 0.6 is 11.1 Å². The van der Waals surface area contributed by atoms with Crippen molar-refractivity contribution < 1.29 is 0 Å². The Morgan fingerprint density at radius 1 is 0.773 bits per heavy atom. The summed E-state index contributed by atoms with van der Waals surface area (Å²) in [5.41, 5.74) is 0. The van der Waals surface area contributed by atoms with Gasteiger partial charge in [0.1, 0.15) is 0 Å². The van der Waals surface area contributed by atoms with E-state index in [1.165, 1.54) is 63.5 Å². The highest BCUT2D eigenvalue weighted by molar-refractivity contribution is 7.21. The molecule has 0 saturated carbocycles. The number of rotatable bonds is 12. The van der Waals surface area contributed by atoms with Gasteiger partial charge >= 0.3 is 0 Å². The molecule has 0 radical (unpaired) electrons. The van der Waals surface area contributed by atoms with Crippen LogP contribution in [0.5, 0.6) is 0 Å². The Kier molecular flexibility index (Phi) is 11.4. The van der Waals surface area contributed by atoms with E-state index in [1.807, 2.05) is 0 Å². The fraction of sp³-hybridized carbons (Fsp3) is 1.00. The van der Waals surface area contributed by atoms with Gasteiger partial charge in [-0.1, -0.05) is 99.8 Å². The van der Waals surface area contributed by atoms with E-state index in [9.17, 15) is 0 Å². The molecule has 0 aliphatic heterocycles. The maximum atomic E-state index is 7.46. The minimum absolute atomic E-state index is 0.313. The second kappa shape index (κ2) is 11.1. The lowest BCUT2D eigenvalue weighted by Gasteiger charge is -2.42. The summed E-state index contributed by atoms with van der Waals surface area (Å²) in [6, 6.07) is 2.66. The van der Waals surface area contributed by atoms with Crippen LogP contribution in [-0.2, 0) is 0 Å². The maximum Gasteiger partial charge on any atom is 0.162 e. The summed E-state index contributed by atoms with van der Waals surface area (Å²) in [4.78, 5) is 0. The van der Waals surface area contributed by atoms with Crippen molar-refractivity contribution in [3.05, 3.63) is 0 Å². The zero-order chi connectivity index (χ0) is 17.2. The van der Waals surface area contributed by atoms with E-state index < -0.39 is 7.38 Å². The molecule has 2 unspecified atom stereocenters. The lowest BCUT2D eigenvalue weighted by Crippen LogP contribution is -2.41. The van der Waals surface area contributed by atoms with Crippen molar-refractivity contribution in [2.75, 3.05) is 0 Å². The molecule has 0 aromatic heterocycles. The molecule has 0 amide bonds. The van der Waals surface area contributed by atoms with E-state index in [2.05, 4.69) is 48.5 Å². The van der Waals surface area contributed by atoms with E-state index in [4.69, 9.17) is 11.1 Å². The summed E-state index contributed by atoms with van der Waals surface area (Å²) in [5, 5.41) is 0.313. The van der Waals surface area contributed by atoms with Gasteiger partial charge in [0.15, 0.2) is 7.38 Å². The molecule has 134 valence electrons. The first-order valence-corrected chi connectivity index (χ1v) is 13.4. The Bertz CT molecular complexity index is 251. The molecule has 0 heterocycles. The second-order valence-electron chi connectivity index (χ2n) is 8.46.